The van der Waals surface area contributed by atoms with Crippen molar-refractivity contribution in [2.45, 2.75) is 13.0 Å². The van der Waals surface area contributed by atoms with Crippen LogP contribution in [0.15, 0.2) is 12.1 Å². The first-order valence-corrected chi connectivity index (χ1v) is 4.28. The zero-order chi connectivity index (χ0) is 12.5. The van der Waals surface area contributed by atoms with Crippen molar-refractivity contribution in [3.63, 3.8) is 0 Å². The largest absolute Gasteiger partial charge is 0.479 e. The van der Waals surface area contributed by atoms with Gasteiger partial charge in [-0.25, -0.2) is 14.0 Å². The molecule has 0 heterocycles. The lowest BCUT2D eigenvalue weighted by Crippen LogP contribution is -2.14. The van der Waals surface area contributed by atoms with Crippen LogP contribution in [0.25, 0.3) is 0 Å². The molecule has 16 heavy (non-hydrogen) atoms. The van der Waals surface area contributed by atoms with Crippen LogP contribution in [-0.2, 0) is 4.79 Å². The minimum absolute atomic E-state index is 0.159. The maximum absolute atomic E-state index is 13.3. The first-order chi connectivity index (χ1) is 7.34. The van der Waals surface area contributed by atoms with Crippen LogP contribution in [0.2, 0.25) is 0 Å². The van der Waals surface area contributed by atoms with Gasteiger partial charge in [-0.2, -0.15) is 0 Å². The average Bonchev–Trinajstić information content (AvgIpc) is 2.16. The topological polar surface area (TPSA) is 94.8 Å². The average molecular weight is 228 g/mol. The predicted octanol–water partition coefficient (Wildman–Crippen LogP) is 0.950. The third kappa shape index (κ3) is 2.17. The van der Waals surface area contributed by atoms with Crippen molar-refractivity contribution in [2.75, 3.05) is 0 Å². The van der Waals surface area contributed by atoms with Crippen molar-refractivity contribution in [1.29, 1.82) is 0 Å². The van der Waals surface area contributed by atoms with Gasteiger partial charge in [-0.1, -0.05) is 0 Å². The molecule has 1 aromatic rings. The fourth-order valence-corrected chi connectivity index (χ4v) is 1.26. The third-order valence-corrected chi connectivity index (χ3v) is 2.10. The predicted molar refractivity (Wildman–Crippen MR) is 50.7 cm³/mol. The number of hydrogen-bond donors (Lipinski definition) is 3. The number of rotatable bonds is 3. The number of carboxylic acid groups (broad SMARTS) is 2. The summed E-state index contributed by atoms with van der Waals surface area (Å²) in [5.74, 6) is -3.90. The Bertz CT molecular complexity index is 455. The summed E-state index contributed by atoms with van der Waals surface area (Å²) in [6.45, 7) is 1.38. The maximum Gasteiger partial charge on any atom is 0.337 e. The summed E-state index contributed by atoms with van der Waals surface area (Å²) < 4.78 is 13.3. The van der Waals surface area contributed by atoms with E-state index in [1.807, 2.05) is 0 Å². The lowest BCUT2D eigenvalue weighted by Gasteiger charge is -2.10. The van der Waals surface area contributed by atoms with E-state index in [2.05, 4.69) is 0 Å². The first kappa shape index (κ1) is 12.1. The second-order valence-corrected chi connectivity index (χ2v) is 3.23. The molecule has 0 fully saturated rings. The Hall–Kier alpha value is -1.95. The third-order valence-electron chi connectivity index (χ3n) is 2.10. The molecular weight excluding hydrogens is 219 g/mol. The van der Waals surface area contributed by atoms with Gasteiger partial charge < -0.3 is 15.3 Å². The fraction of sp³-hybridized carbons (Fsp3) is 0.200. The van der Waals surface area contributed by atoms with Gasteiger partial charge in [0.15, 0.2) is 6.10 Å². The highest BCUT2D eigenvalue weighted by Gasteiger charge is 2.22. The highest BCUT2D eigenvalue weighted by atomic mass is 19.1. The monoisotopic (exact) mass is 228 g/mol. The van der Waals surface area contributed by atoms with Crippen molar-refractivity contribution >= 4 is 11.9 Å². The van der Waals surface area contributed by atoms with Crippen LogP contribution < -0.4 is 0 Å². The maximum atomic E-state index is 13.3. The number of aryl methyl sites for hydroxylation is 1. The Kier molecular flexibility index (Phi) is 3.24. The molecule has 0 saturated heterocycles. The van der Waals surface area contributed by atoms with Gasteiger partial charge in [-0.05, 0) is 24.6 Å². The molecule has 0 aliphatic carbocycles. The number of aromatic carboxylic acids is 1. The van der Waals surface area contributed by atoms with E-state index in [-0.39, 0.29) is 11.1 Å². The van der Waals surface area contributed by atoms with Crippen LogP contribution in [0.5, 0.6) is 0 Å². The number of carbonyl (C=O) groups is 2. The van der Waals surface area contributed by atoms with Crippen LogP contribution >= 0.6 is 0 Å². The van der Waals surface area contributed by atoms with E-state index < -0.39 is 29.4 Å². The number of hydrogen-bond acceptors (Lipinski definition) is 3. The van der Waals surface area contributed by atoms with Crippen molar-refractivity contribution in [3.05, 3.63) is 34.6 Å². The molecule has 0 amide bonds. The number of benzene rings is 1. The second kappa shape index (κ2) is 4.28. The summed E-state index contributed by atoms with van der Waals surface area (Å²) in [5, 5.41) is 26.4. The normalized spacial score (nSPS) is 12.2. The molecule has 0 aromatic heterocycles. The van der Waals surface area contributed by atoms with Gasteiger partial charge in [0.1, 0.15) is 5.82 Å². The zero-order valence-corrected chi connectivity index (χ0v) is 8.27. The summed E-state index contributed by atoms with van der Waals surface area (Å²) in [5.41, 5.74) is -0.640. The van der Waals surface area contributed by atoms with E-state index in [0.717, 1.165) is 12.1 Å². The molecular formula is C10H9FO5. The van der Waals surface area contributed by atoms with Gasteiger partial charge in [-0.15, -0.1) is 0 Å². The van der Waals surface area contributed by atoms with E-state index in [0.29, 0.717) is 0 Å². The molecule has 5 nitrogen and oxygen atoms in total. The lowest BCUT2D eigenvalue weighted by molar-refractivity contribution is -0.147. The van der Waals surface area contributed by atoms with Gasteiger partial charge >= 0.3 is 11.9 Å². The summed E-state index contributed by atoms with van der Waals surface area (Å²) >= 11 is 0. The van der Waals surface area contributed by atoms with Crippen molar-refractivity contribution in [3.8, 4) is 0 Å². The molecule has 86 valence electrons. The number of aliphatic hydroxyl groups is 1. The molecule has 0 bridgehead atoms. The van der Waals surface area contributed by atoms with Gasteiger partial charge in [0.2, 0.25) is 0 Å². The Balaban J connectivity index is 3.35. The number of aliphatic hydroxyl groups excluding tert-OH is 1. The van der Waals surface area contributed by atoms with E-state index in [4.69, 9.17) is 15.3 Å². The lowest BCUT2D eigenvalue weighted by atomic mass is 10.0. The molecule has 0 aliphatic heterocycles. The number of halogens is 1. The molecule has 1 rings (SSSR count). The molecule has 1 atom stereocenters. The smallest absolute Gasteiger partial charge is 0.337 e. The van der Waals surface area contributed by atoms with Gasteiger partial charge in [-0.3, -0.25) is 0 Å². The molecule has 0 saturated carbocycles. The minimum atomic E-state index is -2.07. The molecule has 6 heteroatoms. The van der Waals surface area contributed by atoms with Crippen LogP contribution in [0, 0.1) is 12.7 Å². The van der Waals surface area contributed by atoms with E-state index >= 15 is 0 Å². The van der Waals surface area contributed by atoms with Gasteiger partial charge in [0, 0.05) is 5.56 Å². The van der Waals surface area contributed by atoms with Gasteiger partial charge in [0.05, 0.1) is 5.56 Å². The van der Waals surface area contributed by atoms with E-state index in [1.165, 1.54) is 6.92 Å². The Morgan fingerprint density at radius 3 is 2.31 bits per heavy atom. The summed E-state index contributed by atoms with van der Waals surface area (Å²) in [6, 6.07) is 1.71. The highest BCUT2D eigenvalue weighted by Crippen LogP contribution is 2.21. The number of carboxylic acids is 2. The molecule has 0 radical (unpaired) electrons. The van der Waals surface area contributed by atoms with Crippen molar-refractivity contribution in [1.82, 2.24) is 0 Å². The van der Waals surface area contributed by atoms with Crippen molar-refractivity contribution in [2.24, 2.45) is 0 Å². The standard InChI is InChI=1S/C10H9FO5/c1-4-2-7(11)6(8(12)10(15)16)3-5(4)9(13)14/h2-3,8,12H,1H3,(H,13,14)(H,15,16). The number of aliphatic carboxylic acids is 1. The van der Waals surface area contributed by atoms with Crippen molar-refractivity contribution < 1.29 is 29.3 Å². The quantitative estimate of drug-likeness (QED) is 0.715. The van der Waals surface area contributed by atoms with Crippen LogP contribution in [0.1, 0.15) is 27.6 Å². The minimum Gasteiger partial charge on any atom is -0.479 e. The Morgan fingerprint density at radius 2 is 1.88 bits per heavy atom. The van der Waals surface area contributed by atoms with Crippen LogP contribution in [0.4, 0.5) is 4.39 Å². The van der Waals surface area contributed by atoms with E-state index in [1.54, 1.807) is 0 Å². The Morgan fingerprint density at radius 1 is 1.31 bits per heavy atom. The summed E-state index contributed by atoms with van der Waals surface area (Å²) in [6.07, 6.45) is -2.07. The molecule has 0 spiro atoms. The fourth-order valence-electron chi connectivity index (χ4n) is 1.26. The van der Waals surface area contributed by atoms with E-state index in [9.17, 15) is 14.0 Å². The summed E-state index contributed by atoms with van der Waals surface area (Å²) in [4.78, 5) is 21.2. The molecule has 3 N–H and O–H groups in total. The second-order valence-electron chi connectivity index (χ2n) is 3.23. The first-order valence-electron chi connectivity index (χ1n) is 4.28. The zero-order valence-electron chi connectivity index (χ0n) is 8.27. The van der Waals surface area contributed by atoms with Crippen LogP contribution in [-0.4, -0.2) is 27.3 Å². The van der Waals surface area contributed by atoms with Gasteiger partial charge in [0.25, 0.3) is 0 Å². The molecule has 1 unspecified atom stereocenters. The summed E-state index contributed by atoms with van der Waals surface area (Å²) in [7, 11) is 0. The highest BCUT2D eigenvalue weighted by molar-refractivity contribution is 5.90. The SMILES string of the molecule is Cc1cc(F)c(C(O)C(=O)O)cc1C(=O)O. The van der Waals surface area contributed by atoms with Crippen LogP contribution in [0.3, 0.4) is 0 Å². The molecule has 0 aliphatic rings. The molecule has 1 aromatic carbocycles. The Labute approximate surface area is 89.8 Å².